The summed E-state index contributed by atoms with van der Waals surface area (Å²) in [5, 5.41) is 20.8. The first kappa shape index (κ1) is 12.3. The van der Waals surface area contributed by atoms with E-state index in [1.165, 1.54) is 6.08 Å². The Bertz CT molecular complexity index is 236. The van der Waals surface area contributed by atoms with Crippen molar-refractivity contribution in [2.75, 3.05) is 0 Å². The molecule has 0 radical (unpaired) electrons. The van der Waals surface area contributed by atoms with Gasteiger partial charge in [-0.3, -0.25) is 0 Å². The quantitative estimate of drug-likeness (QED) is 0.411. The van der Waals surface area contributed by atoms with Crippen molar-refractivity contribution in [3.05, 3.63) is 12.2 Å². The monoisotopic (exact) mass is 232 g/mol. The summed E-state index contributed by atoms with van der Waals surface area (Å²) in [7, 11) is 0. The number of aliphatic carboxylic acids is 2. The fourth-order valence-electron chi connectivity index (χ4n) is 1.34. The van der Waals surface area contributed by atoms with Crippen LogP contribution in [0, 0.1) is 11.8 Å². The Morgan fingerprint density at radius 3 is 2.23 bits per heavy atom. The Morgan fingerprint density at radius 2 is 1.85 bits per heavy atom. The summed E-state index contributed by atoms with van der Waals surface area (Å²) in [4.78, 5) is 20.8. The fourth-order valence-corrected chi connectivity index (χ4v) is 1.34. The van der Waals surface area contributed by atoms with Crippen LogP contribution in [-0.2, 0) is 29.1 Å². The summed E-state index contributed by atoms with van der Waals surface area (Å²) in [6.45, 7) is 0. The van der Waals surface area contributed by atoms with Crippen molar-refractivity contribution < 1.29 is 39.3 Å². The molecule has 0 saturated carbocycles. The van der Waals surface area contributed by atoms with E-state index in [2.05, 4.69) is 0 Å². The van der Waals surface area contributed by atoms with Crippen LogP contribution in [0.4, 0.5) is 0 Å². The molecule has 0 fully saturated rings. The van der Waals surface area contributed by atoms with Crippen LogP contribution in [0.5, 0.6) is 0 Å². The molecule has 0 saturated heterocycles. The third-order valence-corrected chi connectivity index (χ3v) is 2.00. The molecular formula is C8H8O4Zn. The van der Waals surface area contributed by atoms with Gasteiger partial charge in [0.05, 0.1) is 0 Å². The van der Waals surface area contributed by atoms with Crippen LogP contribution in [0.15, 0.2) is 12.2 Å². The van der Waals surface area contributed by atoms with Crippen LogP contribution >= 0.6 is 0 Å². The number of carboxylic acids is 2. The first-order chi connectivity index (χ1) is 5.63. The van der Waals surface area contributed by atoms with E-state index in [-0.39, 0.29) is 19.5 Å². The van der Waals surface area contributed by atoms with Gasteiger partial charge in [0.1, 0.15) is 0 Å². The molecule has 1 rings (SSSR count). The van der Waals surface area contributed by atoms with Gasteiger partial charge in [-0.1, -0.05) is 12.2 Å². The van der Waals surface area contributed by atoms with Crippen molar-refractivity contribution in [1.29, 1.82) is 0 Å². The molecule has 4 nitrogen and oxygen atoms in total. The summed E-state index contributed by atoms with van der Waals surface area (Å²) in [6, 6.07) is 0. The summed E-state index contributed by atoms with van der Waals surface area (Å²) in [5.41, 5.74) is 0. The Kier molecular flexibility index (Phi) is 4.85. The third kappa shape index (κ3) is 2.92. The number of hydrogen-bond donors (Lipinski definition) is 0. The van der Waals surface area contributed by atoms with Gasteiger partial charge < -0.3 is 19.8 Å². The first-order valence-electron chi connectivity index (χ1n) is 3.71. The van der Waals surface area contributed by atoms with Gasteiger partial charge in [-0.15, -0.1) is 0 Å². The molecule has 0 aliphatic heterocycles. The van der Waals surface area contributed by atoms with E-state index in [4.69, 9.17) is 0 Å². The molecule has 1 aliphatic carbocycles. The number of allylic oxidation sites excluding steroid dienone is 1. The Hall–Kier alpha value is -0.697. The fraction of sp³-hybridized carbons (Fsp3) is 0.500. The van der Waals surface area contributed by atoms with Crippen LogP contribution in [0.1, 0.15) is 12.8 Å². The molecule has 2 unspecified atom stereocenters. The minimum atomic E-state index is -1.35. The zero-order valence-electron chi connectivity index (χ0n) is 7.06. The minimum Gasteiger partial charge on any atom is -0.550 e. The molecule has 0 aromatic heterocycles. The second-order valence-corrected chi connectivity index (χ2v) is 2.78. The summed E-state index contributed by atoms with van der Waals surface area (Å²) >= 11 is 0. The Labute approximate surface area is 88.4 Å². The SMILES string of the molecule is O=C([O-])C1C=CCCC1C(=O)[O-].[Zn+2]. The largest absolute Gasteiger partial charge is 2.00 e. The van der Waals surface area contributed by atoms with E-state index in [9.17, 15) is 19.8 Å². The number of hydrogen-bond acceptors (Lipinski definition) is 4. The van der Waals surface area contributed by atoms with E-state index in [1.807, 2.05) is 0 Å². The van der Waals surface area contributed by atoms with Crippen molar-refractivity contribution in [2.45, 2.75) is 12.8 Å². The normalized spacial score (nSPS) is 26.2. The van der Waals surface area contributed by atoms with Gasteiger partial charge in [-0.05, 0) is 12.8 Å². The summed E-state index contributed by atoms with van der Waals surface area (Å²) in [5.74, 6) is -4.61. The van der Waals surface area contributed by atoms with Gasteiger partial charge in [0.2, 0.25) is 0 Å². The van der Waals surface area contributed by atoms with Crippen LogP contribution in [0.25, 0.3) is 0 Å². The predicted octanol–water partition coefficient (Wildman–Crippen LogP) is -1.93. The van der Waals surface area contributed by atoms with Crippen LogP contribution < -0.4 is 10.2 Å². The van der Waals surface area contributed by atoms with Gasteiger partial charge in [0.25, 0.3) is 0 Å². The van der Waals surface area contributed by atoms with E-state index < -0.39 is 23.8 Å². The molecule has 0 spiro atoms. The second-order valence-electron chi connectivity index (χ2n) is 2.78. The summed E-state index contributed by atoms with van der Waals surface area (Å²) in [6.07, 6.45) is 3.92. The van der Waals surface area contributed by atoms with E-state index >= 15 is 0 Å². The van der Waals surface area contributed by atoms with Crippen molar-refractivity contribution in [2.24, 2.45) is 11.8 Å². The van der Waals surface area contributed by atoms with Crippen molar-refractivity contribution in [1.82, 2.24) is 0 Å². The van der Waals surface area contributed by atoms with Gasteiger partial charge in [-0.25, -0.2) is 0 Å². The van der Waals surface area contributed by atoms with Crippen molar-refractivity contribution in [3.8, 4) is 0 Å². The molecule has 13 heavy (non-hydrogen) atoms. The van der Waals surface area contributed by atoms with Gasteiger partial charge in [-0.2, -0.15) is 0 Å². The molecule has 0 aromatic carbocycles. The standard InChI is InChI=1S/C8H10O4.Zn/c9-7(10)5-3-1-2-4-6(5)8(11)12;/h1,3,5-6H,2,4H2,(H,9,10)(H,11,12);/q;+2/p-2. The maximum Gasteiger partial charge on any atom is 2.00 e. The van der Waals surface area contributed by atoms with Crippen LogP contribution in [0.2, 0.25) is 0 Å². The molecule has 2 atom stereocenters. The molecule has 0 bridgehead atoms. The maximum atomic E-state index is 10.4. The van der Waals surface area contributed by atoms with Crippen LogP contribution in [0.3, 0.4) is 0 Å². The molecule has 0 heterocycles. The minimum absolute atomic E-state index is 0. The Balaban J connectivity index is 0.00000144. The molecule has 0 amide bonds. The average Bonchev–Trinajstić information content (AvgIpc) is 2.04. The maximum absolute atomic E-state index is 10.4. The molecule has 1 aliphatic rings. The molecule has 5 heteroatoms. The predicted molar refractivity (Wildman–Crippen MR) is 35.4 cm³/mol. The van der Waals surface area contributed by atoms with Gasteiger partial charge in [0.15, 0.2) is 0 Å². The van der Waals surface area contributed by atoms with Crippen molar-refractivity contribution >= 4 is 11.9 Å². The smallest absolute Gasteiger partial charge is 0.550 e. The number of carbonyl (C=O) groups is 2. The van der Waals surface area contributed by atoms with Crippen LogP contribution in [-0.4, -0.2) is 11.9 Å². The summed E-state index contributed by atoms with van der Waals surface area (Å²) < 4.78 is 0. The third-order valence-electron chi connectivity index (χ3n) is 2.00. The molecule has 0 aromatic rings. The Morgan fingerprint density at radius 1 is 1.23 bits per heavy atom. The average molecular weight is 234 g/mol. The van der Waals surface area contributed by atoms with E-state index in [0.717, 1.165) is 0 Å². The van der Waals surface area contributed by atoms with Crippen molar-refractivity contribution in [3.63, 3.8) is 0 Å². The number of carboxylic acid groups (broad SMARTS) is 2. The zero-order chi connectivity index (χ0) is 9.14. The molecular weight excluding hydrogens is 225 g/mol. The topological polar surface area (TPSA) is 80.3 Å². The first-order valence-corrected chi connectivity index (χ1v) is 3.71. The van der Waals surface area contributed by atoms with E-state index in [1.54, 1.807) is 6.08 Å². The van der Waals surface area contributed by atoms with Gasteiger partial charge in [0, 0.05) is 23.8 Å². The molecule has 66 valence electrons. The number of carbonyl (C=O) groups excluding carboxylic acids is 2. The number of rotatable bonds is 2. The van der Waals surface area contributed by atoms with E-state index in [0.29, 0.717) is 12.8 Å². The zero-order valence-corrected chi connectivity index (χ0v) is 10.0. The molecule has 0 N–H and O–H groups in total. The van der Waals surface area contributed by atoms with Gasteiger partial charge >= 0.3 is 19.5 Å². The second kappa shape index (κ2) is 5.12.